The second kappa shape index (κ2) is 9.46. The van der Waals surface area contributed by atoms with Gasteiger partial charge in [-0.2, -0.15) is 0 Å². The molecule has 0 fully saturated rings. The Morgan fingerprint density at radius 2 is 1.94 bits per heavy atom. The lowest BCUT2D eigenvalue weighted by Crippen LogP contribution is -2.33. The van der Waals surface area contributed by atoms with Crippen LogP contribution in [0.4, 0.5) is 0 Å². The third kappa shape index (κ3) is 7.37. The van der Waals surface area contributed by atoms with Crippen molar-refractivity contribution in [1.29, 1.82) is 0 Å². The number of unbranched alkanes of at least 4 members (excludes halogenated alkanes) is 1. The highest BCUT2D eigenvalue weighted by Gasteiger charge is 2.17. The summed E-state index contributed by atoms with van der Waals surface area (Å²) < 4.78 is 4.74. The van der Waals surface area contributed by atoms with Crippen LogP contribution in [0.3, 0.4) is 0 Å². The number of rotatable bonds is 9. The Hall–Kier alpha value is -0.570. The van der Waals surface area contributed by atoms with Crippen molar-refractivity contribution in [3.8, 4) is 0 Å². The number of nitrogens with zero attached hydrogens (tertiary/aromatic N) is 1. The first-order chi connectivity index (χ1) is 8.04. The zero-order valence-electron chi connectivity index (χ0n) is 12.2. The van der Waals surface area contributed by atoms with Gasteiger partial charge in [-0.25, -0.2) is 0 Å². The molecule has 2 unspecified atom stereocenters. The topological polar surface area (TPSA) is 29.5 Å². The Labute approximate surface area is 107 Å². The molecule has 0 rings (SSSR count). The number of methoxy groups -OCH3 is 1. The van der Waals surface area contributed by atoms with Gasteiger partial charge in [0.05, 0.1) is 13.0 Å². The largest absolute Gasteiger partial charge is 0.469 e. The molecule has 0 bridgehead atoms. The normalized spacial score (nSPS) is 14.7. The monoisotopic (exact) mass is 243 g/mol. The lowest BCUT2D eigenvalue weighted by molar-refractivity contribution is -0.145. The van der Waals surface area contributed by atoms with Crippen molar-refractivity contribution in [3.05, 3.63) is 0 Å². The fourth-order valence-electron chi connectivity index (χ4n) is 2.18. The van der Waals surface area contributed by atoms with Crippen molar-refractivity contribution in [2.45, 2.75) is 46.5 Å². The summed E-state index contributed by atoms with van der Waals surface area (Å²) in [6.07, 6.45) is 5.08. The van der Waals surface area contributed by atoms with Gasteiger partial charge in [-0.1, -0.05) is 40.0 Å². The average molecular weight is 243 g/mol. The number of carbonyl (C=O) groups is 1. The predicted molar refractivity (Wildman–Crippen MR) is 72.0 cm³/mol. The van der Waals surface area contributed by atoms with Crippen molar-refractivity contribution >= 4 is 5.97 Å². The van der Waals surface area contributed by atoms with Gasteiger partial charge in [-0.15, -0.1) is 0 Å². The minimum atomic E-state index is -0.113. The van der Waals surface area contributed by atoms with Crippen molar-refractivity contribution in [2.75, 3.05) is 27.2 Å². The number of hydrogen-bond donors (Lipinski definition) is 0. The Morgan fingerprint density at radius 1 is 1.29 bits per heavy atom. The molecule has 0 aliphatic carbocycles. The van der Waals surface area contributed by atoms with Gasteiger partial charge >= 0.3 is 5.97 Å². The summed E-state index contributed by atoms with van der Waals surface area (Å²) >= 11 is 0. The maximum absolute atomic E-state index is 11.3. The standard InChI is InChI=1S/C14H29NO2/c1-6-8-9-13(7-2)11-15(4)10-12(3)14(16)17-5/h12-13H,6-11H2,1-5H3. The summed E-state index contributed by atoms with van der Waals surface area (Å²) in [7, 11) is 3.54. The Morgan fingerprint density at radius 3 is 2.41 bits per heavy atom. The molecule has 102 valence electrons. The molecule has 0 aromatic heterocycles. The molecule has 0 saturated carbocycles. The first kappa shape index (κ1) is 16.4. The quantitative estimate of drug-likeness (QED) is 0.583. The second-order valence-electron chi connectivity index (χ2n) is 5.06. The van der Waals surface area contributed by atoms with E-state index in [0.717, 1.165) is 19.0 Å². The maximum atomic E-state index is 11.3. The molecule has 0 aliphatic rings. The van der Waals surface area contributed by atoms with E-state index in [1.165, 1.54) is 32.8 Å². The van der Waals surface area contributed by atoms with Crippen LogP contribution >= 0.6 is 0 Å². The van der Waals surface area contributed by atoms with E-state index in [2.05, 4.69) is 25.8 Å². The Kier molecular flexibility index (Phi) is 9.14. The zero-order valence-corrected chi connectivity index (χ0v) is 12.2. The van der Waals surface area contributed by atoms with Crippen LogP contribution in [0, 0.1) is 11.8 Å². The van der Waals surface area contributed by atoms with Crippen molar-refractivity contribution < 1.29 is 9.53 Å². The van der Waals surface area contributed by atoms with Crippen LogP contribution in [-0.2, 0) is 9.53 Å². The van der Waals surface area contributed by atoms with Crippen LogP contribution in [0.1, 0.15) is 46.5 Å². The van der Waals surface area contributed by atoms with Crippen LogP contribution in [-0.4, -0.2) is 38.1 Å². The predicted octanol–water partition coefficient (Wildman–Crippen LogP) is 2.94. The number of carbonyl (C=O) groups excluding carboxylic acids is 1. The van der Waals surface area contributed by atoms with E-state index in [-0.39, 0.29) is 11.9 Å². The van der Waals surface area contributed by atoms with Gasteiger partial charge in [0.2, 0.25) is 0 Å². The minimum Gasteiger partial charge on any atom is -0.469 e. The summed E-state index contributed by atoms with van der Waals surface area (Å²) in [4.78, 5) is 13.6. The fraction of sp³-hybridized carbons (Fsp3) is 0.929. The molecule has 3 nitrogen and oxygen atoms in total. The molecular formula is C14H29NO2. The lowest BCUT2D eigenvalue weighted by atomic mass is 9.98. The molecule has 0 N–H and O–H groups in total. The molecule has 0 amide bonds. The highest BCUT2D eigenvalue weighted by atomic mass is 16.5. The average Bonchev–Trinajstić information content (AvgIpc) is 2.32. The molecule has 0 heterocycles. The van der Waals surface area contributed by atoms with Crippen LogP contribution in [0.25, 0.3) is 0 Å². The van der Waals surface area contributed by atoms with E-state index < -0.39 is 0 Å². The Balaban J connectivity index is 3.96. The van der Waals surface area contributed by atoms with Crippen LogP contribution in [0.15, 0.2) is 0 Å². The van der Waals surface area contributed by atoms with E-state index in [1.807, 2.05) is 6.92 Å². The second-order valence-corrected chi connectivity index (χ2v) is 5.06. The SMILES string of the molecule is CCCCC(CC)CN(C)CC(C)C(=O)OC. The van der Waals surface area contributed by atoms with E-state index in [4.69, 9.17) is 4.74 Å². The van der Waals surface area contributed by atoms with Gasteiger partial charge in [-0.05, 0) is 19.4 Å². The smallest absolute Gasteiger partial charge is 0.309 e. The van der Waals surface area contributed by atoms with Crippen molar-refractivity contribution in [2.24, 2.45) is 11.8 Å². The van der Waals surface area contributed by atoms with Crippen LogP contribution in [0.2, 0.25) is 0 Å². The van der Waals surface area contributed by atoms with Gasteiger partial charge in [0.15, 0.2) is 0 Å². The van der Waals surface area contributed by atoms with Crippen LogP contribution in [0.5, 0.6) is 0 Å². The van der Waals surface area contributed by atoms with Gasteiger partial charge in [0.25, 0.3) is 0 Å². The molecular weight excluding hydrogens is 214 g/mol. The highest BCUT2D eigenvalue weighted by Crippen LogP contribution is 2.14. The van der Waals surface area contributed by atoms with Gasteiger partial charge in [0.1, 0.15) is 0 Å². The molecule has 17 heavy (non-hydrogen) atoms. The van der Waals surface area contributed by atoms with E-state index in [1.54, 1.807) is 0 Å². The first-order valence-corrected chi connectivity index (χ1v) is 6.81. The third-order valence-corrected chi connectivity index (χ3v) is 3.30. The summed E-state index contributed by atoms with van der Waals surface area (Å²) in [5, 5.41) is 0. The molecule has 3 heteroatoms. The zero-order chi connectivity index (χ0) is 13.3. The molecule has 2 atom stereocenters. The summed E-state index contributed by atoms with van der Waals surface area (Å²) in [5.74, 6) is 0.608. The number of hydrogen-bond acceptors (Lipinski definition) is 3. The van der Waals surface area contributed by atoms with Crippen LogP contribution < -0.4 is 0 Å². The van der Waals surface area contributed by atoms with E-state index in [0.29, 0.717) is 0 Å². The number of esters is 1. The molecule has 0 aromatic carbocycles. The highest BCUT2D eigenvalue weighted by molar-refractivity contribution is 5.71. The van der Waals surface area contributed by atoms with Gasteiger partial charge in [0, 0.05) is 13.1 Å². The third-order valence-electron chi connectivity index (χ3n) is 3.30. The van der Waals surface area contributed by atoms with Crippen molar-refractivity contribution in [1.82, 2.24) is 4.90 Å². The molecule has 0 saturated heterocycles. The van der Waals surface area contributed by atoms with Gasteiger partial charge in [-0.3, -0.25) is 4.79 Å². The van der Waals surface area contributed by atoms with E-state index >= 15 is 0 Å². The minimum absolute atomic E-state index is 0.0336. The summed E-state index contributed by atoms with van der Waals surface area (Å²) in [5.41, 5.74) is 0. The summed E-state index contributed by atoms with van der Waals surface area (Å²) in [6.45, 7) is 8.27. The molecule has 0 radical (unpaired) electrons. The fourth-order valence-corrected chi connectivity index (χ4v) is 2.18. The number of ether oxygens (including phenoxy) is 1. The molecule has 0 aliphatic heterocycles. The lowest BCUT2D eigenvalue weighted by Gasteiger charge is -2.25. The molecule has 0 aromatic rings. The maximum Gasteiger partial charge on any atom is 0.309 e. The Bertz CT molecular complexity index is 206. The van der Waals surface area contributed by atoms with E-state index in [9.17, 15) is 4.79 Å². The van der Waals surface area contributed by atoms with Crippen molar-refractivity contribution in [3.63, 3.8) is 0 Å². The summed E-state index contributed by atoms with van der Waals surface area (Å²) in [6, 6.07) is 0. The first-order valence-electron chi connectivity index (χ1n) is 6.81. The molecule has 0 spiro atoms. The van der Waals surface area contributed by atoms with Gasteiger partial charge < -0.3 is 9.64 Å².